The summed E-state index contributed by atoms with van der Waals surface area (Å²) in [6, 6.07) is 5.87. The van der Waals surface area contributed by atoms with E-state index in [0.717, 1.165) is 23.7 Å². The van der Waals surface area contributed by atoms with Crippen LogP contribution in [0.4, 0.5) is 5.69 Å². The zero-order valence-corrected chi connectivity index (χ0v) is 12.5. The molecule has 108 valence electrons. The standard InChI is InChI=1S/C16H27NO2/c1-4-5-6-7-8-9-12-17-15-11-10-14(18-2)13-16(15)19-3/h10-11,13,17H,4-9,12H2,1-3H3. The normalized spacial score (nSPS) is 10.3. The van der Waals surface area contributed by atoms with E-state index in [1.165, 1.54) is 38.5 Å². The van der Waals surface area contributed by atoms with Gasteiger partial charge in [0, 0.05) is 12.6 Å². The van der Waals surface area contributed by atoms with Crippen molar-refractivity contribution in [3.05, 3.63) is 18.2 Å². The summed E-state index contributed by atoms with van der Waals surface area (Å²) in [5, 5.41) is 3.43. The fraction of sp³-hybridized carbons (Fsp3) is 0.625. The number of ether oxygens (including phenoxy) is 2. The van der Waals surface area contributed by atoms with Crippen LogP contribution in [-0.2, 0) is 0 Å². The molecule has 1 aromatic carbocycles. The third kappa shape index (κ3) is 5.86. The van der Waals surface area contributed by atoms with Gasteiger partial charge in [0.25, 0.3) is 0 Å². The van der Waals surface area contributed by atoms with Crippen LogP contribution in [0.15, 0.2) is 18.2 Å². The Morgan fingerprint density at radius 3 is 2.37 bits per heavy atom. The Bertz CT molecular complexity index is 353. The number of unbranched alkanes of at least 4 members (excludes halogenated alkanes) is 5. The molecule has 0 heterocycles. The second-order valence-electron chi connectivity index (χ2n) is 4.76. The lowest BCUT2D eigenvalue weighted by Crippen LogP contribution is -2.03. The molecule has 0 aliphatic carbocycles. The molecule has 0 amide bonds. The third-order valence-corrected chi connectivity index (χ3v) is 3.25. The molecule has 0 aliphatic rings. The van der Waals surface area contributed by atoms with Gasteiger partial charge in [0.1, 0.15) is 11.5 Å². The molecule has 1 aromatic rings. The van der Waals surface area contributed by atoms with Crippen LogP contribution in [0.2, 0.25) is 0 Å². The minimum absolute atomic E-state index is 0.821. The average molecular weight is 265 g/mol. The van der Waals surface area contributed by atoms with E-state index < -0.39 is 0 Å². The maximum Gasteiger partial charge on any atom is 0.145 e. The second-order valence-corrected chi connectivity index (χ2v) is 4.76. The summed E-state index contributed by atoms with van der Waals surface area (Å²) >= 11 is 0. The van der Waals surface area contributed by atoms with Crippen LogP contribution >= 0.6 is 0 Å². The lowest BCUT2D eigenvalue weighted by molar-refractivity contribution is 0.395. The second kappa shape index (κ2) is 9.54. The van der Waals surface area contributed by atoms with Crippen LogP contribution in [0.5, 0.6) is 11.5 Å². The van der Waals surface area contributed by atoms with E-state index in [2.05, 4.69) is 12.2 Å². The van der Waals surface area contributed by atoms with E-state index in [-0.39, 0.29) is 0 Å². The summed E-state index contributed by atoms with van der Waals surface area (Å²) in [5.41, 5.74) is 1.04. The van der Waals surface area contributed by atoms with Crippen LogP contribution in [0, 0.1) is 0 Å². The fourth-order valence-corrected chi connectivity index (χ4v) is 2.07. The predicted octanol–water partition coefficient (Wildman–Crippen LogP) is 4.48. The molecule has 1 rings (SSSR count). The van der Waals surface area contributed by atoms with Gasteiger partial charge in [0.15, 0.2) is 0 Å². The Morgan fingerprint density at radius 2 is 1.68 bits per heavy atom. The number of anilines is 1. The maximum absolute atomic E-state index is 5.36. The number of hydrogen-bond donors (Lipinski definition) is 1. The van der Waals surface area contributed by atoms with Crippen LogP contribution in [0.1, 0.15) is 45.4 Å². The summed E-state index contributed by atoms with van der Waals surface area (Å²) in [5.74, 6) is 1.66. The first-order chi connectivity index (χ1) is 9.31. The van der Waals surface area contributed by atoms with E-state index >= 15 is 0 Å². The summed E-state index contributed by atoms with van der Waals surface area (Å²) in [6.07, 6.45) is 7.88. The van der Waals surface area contributed by atoms with Gasteiger partial charge in [-0.1, -0.05) is 39.0 Å². The summed E-state index contributed by atoms with van der Waals surface area (Å²) in [7, 11) is 3.35. The Balaban J connectivity index is 2.28. The molecule has 0 saturated carbocycles. The van der Waals surface area contributed by atoms with Crippen molar-refractivity contribution in [2.75, 3.05) is 26.1 Å². The summed E-state index contributed by atoms with van der Waals surface area (Å²) in [6.45, 7) is 3.24. The molecule has 0 radical (unpaired) electrons. The first kappa shape index (κ1) is 15.7. The molecule has 0 unspecified atom stereocenters. The first-order valence-electron chi connectivity index (χ1n) is 7.27. The van der Waals surface area contributed by atoms with E-state index in [9.17, 15) is 0 Å². The fourth-order valence-electron chi connectivity index (χ4n) is 2.07. The van der Waals surface area contributed by atoms with Gasteiger partial charge in [0.2, 0.25) is 0 Å². The lowest BCUT2D eigenvalue weighted by atomic mass is 10.1. The Kier molecular flexibility index (Phi) is 7.87. The lowest BCUT2D eigenvalue weighted by Gasteiger charge is -2.12. The van der Waals surface area contributed by atoms with Gasteiger partial charge in [-0.05, 0) is 18.6 Å². The molecule has 0 bridgehead atoms. The van der Waals surface area contributed by atoms with Crippen molar-refractivity contribution in [3.63, 3.8) is 0 Å². The van der Waals surface area contributed by atoms with Gasteiger partial charge in [-0.3, -0.25) is 0 Å². The first-order valence-corrected chi connectivity index (χ1v) is 7.27. The highest BCUT2D eigenvalue weighted by Crippen LogP contribution is 2.28. The van der Waals surface area contributed by atoms with Crippen molar-refractivity contribution >= 4 is 5.69 Å². The van der Waals surface area contributed by atoms with Crippen molar-refractivity contribution in [2.24, 2.45) is 0 Å². The highest BCUT2D eigenvalue weighted by atomic mass is 16.5. The summed E-state index contributed by atoms with van der Waals surface area (Å²) < 4.78 is 10.5. The molecule has 0 aromatic heterocycles. The maximum atomic E-state index is 5.36. The predicted molar refractivity (Wildman–Crippen MR) is 81.4 cm³/mol. The molecule has 0 fully saturated rings. The van der Waals surface area contributed by atoms with E-state index in [1.54, 1.807) is 14.2 Å². The molecule has 3 heteroatoms. The van der Waals surface area contributed by atoms with Crippen LogP contribution < -0.4 is 14.8 Å². The molecule has 1 N–H and O–H groups in total. The van der Waals surface area contributed by atoms with Gasteiger partial charge in [0.05, 0.1) is 19.9 Å². The molecular formula is C16H27NO2. The van der Waals surface area contributed by atoms with Crippen molar-refractivity contribution in [1.29, 1.82) is 0 Å². The number of nitrogens with one attached hydrogen (secondary N) is 1. The van der Waals surface area contributed by atoms with Crippen molar-refractivity contribution in [1.82, 2.24) is 0 Å². The van der Waals surface area contributed by atoms with Gasteiger partial charge >= 0.3 is 0 Å². The number of rotatable bonds is 10. The van der Waals surface area contributed by atoms with E-state index in [4.69, 9.17) is 9.47 Å². The Hall–Kier alpha value is -1.38. The van der Waals surface area contributed by atoms with E-state index in [1.807, 2.05) is 18.2 Å². The average Bonchev–Trinajstić information content (AvgIpc) is 2.46. The monoisotopic (exact) mass is 265 g/mol. The SMILES string of the molecule is CCCCCCCCNc1ccc(OC)cc1OC. The zero-order valence-electron chi connectivity index (χ0n) is 12.5. The molecular weight excluding hydrogens is 238 g/mol. The zero-order chi connectivity index (χ0) is 13.9. The van der Waals surface area contributed by atoms with Gasteiger partial charge in [-0.15, -0.1) is 0 Å². The molecule has 0 saturated heterocycles. The Morgan fingerprint density at radius 1 is 0.947 bits per heavy atom. The number of benzene rings is 1. The highest BCUT2D eigenvalue weighted by molar-refractivity contribution is 5.59. The minimum atomic E-state index is 0.821. The van der Waals surface area contributed by atoms with Gasteiger partial charge in [-0.2, -0.15) is 0 Å². The topological polar surface area (TPSA) is 30.5 Å². The number of hydrogen-bond acceptors (Lipinski definition) is 3. The van der Waals surface area contributed by atoms with Crippen molar-refractivity contribution in [2.45, 2.75) is 45.4 Å². The summed E-state index contributed by atoms with van der Waals surface area (Å²) in [4.78, 5) is 0. The Labute approximate surface area is 117 Å². The molecule has 0 atom stereocenters. The van der Waals surface area contributed by atoms with Gasteiger partial charge < -0.3 is 14.8 Å². The van der Waals surface area contributed by atoms with Crippen molar-refractivity contribution < 1.29 is 9.47 Å². The third-order valence-electron chi connectivity index (χ3n) is 3.25. The largest absolute Gasteiger partial charge is 0.497 e. The highest BCUT2D eigenvalue weighted by Gasteiger charge is 2.03. The molecule has 0 spiro atoms. The van der Waals surface area contributed by atoms with Crippen LogP contribution in [0.25, 0.3) is 0 Å². The van der Waals surface area contributed by atoms with Crippen LogP contribution in [0.3, 0.4) is 0 Å². The molecule has 0 aliphatic heterocycles. The molecule has 3 nitrogen and oxygen atoms in total. The van der Waals surface area contributed by atoms with Crippen LogP contribution in [-0.4, -0.2) is 20.8 Å². The van der Waals surface area contributed by atoms with Gasteiger partial charge in [-0.25, -0.2) is 0 Å². The number of methoxy groups -OCH3 is 2. The quantitative estimate of drug-likeness (QED) is 0.633. The van der Waals surface area contributed by atoms with E-state index in [0.29, 0.717) is 0 Å². The minimum Gasteiger partial charge on any atom is -0.497 e. The smallest absolute Gasteiger partial charge is 0.145 e. The van der Waals surface area contributed by atoms with Crippen molar-refractivity contribution in [3.8, 4) is 11.5 Å². The molecule has 19 heavy (non-hydrogen) atoms.